The van der Waals surface area contributed by atoms with Crippen LogP contribution < -0.4 is 0 Å². The first-order valence-corrected chi connectivity index (χ1v) is 14.9. The van der Waals surface area contributed by atoms with E-state index in [1.54, 1.807) is 0 Å². The van der Waals surface area contributed by atoms with Crippen molar-refractivity contribution in [3.63, 3.8) is 0 Å². The Hall–Kier alpha value is -5.86. The van der Waals surface area contributed by atoms with Crippen LogP contribution in [-0.4, -0.2) is 0 Å². The van der Waals surface area contributed by atoms with Gasteiger partial charge in [-0.1, -0.05) is 127 Å². The van der Waals surface area contributed by atoms with Gasteiger partial charge in [-0.15, -0.1) is 0 Å². The fraction of sp³-hybridized carbons (Fsp3) is 0. The molecular weight excluding hydrogens is 536 g/mol. The standard InChI is InChI=1S/C42H26O2/c1-4-10-27(11-5-1)30-16-18-31(19-17-30)34-26-36-35-24-32(28-12-6-2-7-13-28)20-22-38(35)43-42(36)40-37-25-33(29-14-8-3-9-15-29)21-23-39(37)44-41(34)40/h1-26H. The average molecular weight is 563 g/mol. The van der Waals surface area contributed by atoms with Crippen LogP contribution in [-0.2, 0) is 0 Å². The van der Waals surface area contributed by atoms with Gasteiger partial charge in [0.2, 0.25) is 0 Å². The van der Waals surface area contributed by atoms with Crippen LogP contribution in [0.2, 0.25) is 0 Å². The molecule has 44 heavy (non-hydrogen) atoms. The molecule has 2 heteroatoms. The highest BCUT2D eigenvalue weighted by molar-refractivity contribution is 6.25. The van der Waals surface area contributed by atoms with E-state index in [2.05, 4.69) is 146 Å². The maximum absolute atomic E-state index is 6.68. The summed E-state index contributed by atoms with van der Waals surface area (Å²) in [6.45, 7) is 0. The summed E-state index contributed by atoms with van der Waals surface area (Å²) in [5.74, 6) is 0. The lowest BCUT2D eigenvalue weighted by molar-refractivity contribution is 0.663. The SMILES string of the molecule is c1ccc(-c2ccc(-c3cc4c5cc(-c6ccccc6)ccc5oc4c4c3oc3ccc(-c5ccccc5)cc34)cc2)cc1. The maximum atomic E-state index is 6.68. The number of hydrogen-bond acceptors (Lipinski definition) is 2. The molecular formula is C42H26O2. The van der Waals surface area contributed by atoms with Crippen molar-refractivity contribution in [1.29, 1.82) is 0 Å². The summed E-state index contributed by atoms with van der Waals surface area (Å²) >= 11 is 0. The molecule has 2 heterocycles. The maximum Gasteiger partial charge on any atom is 0.147 e. The molecule has 0 amide bonds. The van der Waals surface area contributed by atoms with Crippen LogP contribution in [0, 0.1) is 0 Å². The highest BCUT2D eigenvalue weighted by atomic mass is 16.3. The van der Waals surface area contributed by atoms with Gasteiger partial charge in [-0.05, 0) is 69.3 Å². The van der Waals surface area contributed by atoms with Gasteiger partial charge in [0.25, 0.3) is 0 Å². The third kappa shape index (κ3) is 3.96. The summed E-state index contributed by atoms with van der Waals surface area (Å²) in [5, 5.41) is 4.24. The summed E-state index contributed by atoms with van der Waals surface area (Å²) < 4.78 is 13.4. The fourth-order valence-corrected chi connectivity index (χ4v) is 6.48. The van der Waals surface area contributed by atoms with Crippen molar-refractivity contribution in [3.05, 3.63) is 158 Å². The van der Waals surface area contributed by atoms with Gasteiger partial charge in [-0.25, -0.2) is 0 Å². The van der Waals surface area contributed by atoms with E-state index in [0.717, 1.165) is 66.1 Å². The van der Waals surface area contributed by atoms with Crippen molar-refractivity contribution < 1.29 is 8.83 Å². The molecule has 0 aliphatic rings. The lowest BCUT2D eigenvalue weighted by atomic mass is 9.95. The van der Waals surface area contributed by atoms with Crippen molar-refractivity contribution >= 4 is 43.9 Å². The summed E-state index contributed by atoms with van der Waals surface area (Å²) in [5.41, 5.74) is 12.6. The molecule has 0 unspecified atom stereocenters. The summed E-state index contributed by atoms with van der Waals surface area (Å²) in [6, 6.07) is 55.4. The molecule has 2 aromatic heterocycles. The topological polar surface area (TPSA) is 26.3 Å². The quantitative estimate of drug-likeness (QED) is 0.213. The Morgan fingerprint density at radius 2 is 0.727 bits per heavy atom. The Labute approximate surface area is 254 Å². The van der Waals surface area contributed by atoms with Gasteiger partial charge in [-0.2, -0.15) is 0 Å². The molecule has 0 radical (unpaired) electrons. The monoisotopic (exact) mass is 562 g/mol. The normalized spacial score (nSPS) is 11.6. The zero-order chi connectivity index (χ0) is 29.0. The van der Waals surface area contributed by atoms with Crippen LogP contribution in [0.25, 0.3) is 88.4 Å². The summed E-state index contributed by atoms with van der Waals surface area (Å²) in [6.07, 6.45) is 0. The minimum absolute atomic E-state index is 0.840. The fourth-order valence-electron chi connectivity index (χ4n) is 6.48. The molecule has 0 spiro atoms. The second kappa shape index (κ2) is 9.86. The van der Waals surface area contributed by atoms with E-state index >= 15 is 0 Å². The second-order valence-corrected chi connectivity index (χ2v) is 11.3. The predicted octanol–water partition coefficient (Wildman–Crippen LogP) is 12.2. The van der Waals surface area contributed by atoms with Crippen LogP contribution in [0.15, 0.2) is 167 Å². The molecule has 206 valence electrons. The molecule has 0 aliphatic heterocycles. The summed E-state index contributed by atoms with van der Waals surface area (Å²) in [4.78, 5) is 0. The van der Waals surface area contributed by atoms with Crippen LogP contribution >= 0.6 is 0 Å². The molecule has 0 N–H and O–H groups in total. The van der Waals surface area contributed by atoms with Crippen molar-refractivity contribution in [1.82, 2.24) is 0 Å². The lowest BCUT2D eigenvalue weighted by Crippen LogP contribution is -1.83. The molecule has 9 aromatic rings. The minimum Gasteiger partial charge on any atom is -0.455 e. The van der Waals surface area contributed by atoms with Crippen LogP contribution in [0.1, 0.15) is 0 Å². The molecule has 7 aromatic carbocycles. The summed E-state index contributed by atoms with van der Waals surface area (Å²) in [7, 11) is 0. The van der Waals surface area contributed by atoms with Gasteiger partial charge in [0.15, 0.2) is 0 Å². The van der Waals surface area contributed by atoms with Crippen molar-refractivity contribution in [2.45, 2.75) is 0 Å². The van der Waals surface area contributed by atoms with E-state index in [1.165, 1.54) is 22.3 Å². The van der Waals surface area contributed by atoms with E-state index < -0.39 is 0 Å². The van der Waals surface area contributed by atoms with E-state index in [0.29, 0.717) is 0 Å². The predicted molar refractivity (Wildman–Crippen MR) is 183 cm³/mol. The largest absolute Gasteiger partial charge is 0.455 e. The first-order chi connectivity index (χ1) is 21.8. The molecule has 0 saturated heterocycles. The Bertz CT molecular complexity index is 2450. The molecule has 2 nitrogen and oxygen atoms in total. The first-order valence-electron chi connectivity index (χ1n) is 14.9. The van der Waals surface area contributed by atoms with Crippen LogP contribution in [0.3, 0.4) is 0 Å². The molecule has 9 rings (SSSR count). The van der Waals surface area contributed by atoms with Crippen LogP contribution in [0.5, 0.6) is 0 Å². The van der Waals surface area contributed by atoms with Gasteiger partial charge >= 0.3 is 0 Å². The van der Waals surface area contributed by atoms with Gasteiger partial charge in [0.05, 0.1) is 5.39 Å². The number of benzene rings is 7. The zero-order valence-corrected chi connectivity index (χ0v) is 23.8. The Morgan fingerprint density at radius 3 is 1.32 bits per heavy atom. The van der Waals surface area contributed by atoms with Crippen molar-refractivity contribution in [3.8, 4) is 44.5 Å². The van der Waals surface area contributed by atoms with Crippen LogP contribution in [0.4, 0.5) is 0 Å². The number of fused-ring (bicyclic) bond motifs is 7. The molecule has 0 bridgehead atoms. The van der Waals surface area contributed by atoms with Gasteiger partial charge in [0.1, 0.15) is 22.3 Å². The Morgan fingerprint density at radius 1 is 0.295 bits per heavy atom. The molecule has 0 fully saturated rings. The number of rotatable bonds is 4. The molecule has 0 saturated carbocycles. The van der Waals surface area contributed by atoms with Crippen molar-refractivity contribution in [2.75, 3.05) is 0 Å². The van der Waals surface area contributed by atoms with E-state index in [1.807, 2.05) is 12.1 Å². The Balaban J connectivity index is 1.33. The third-order valence-corrected chi connectivity index (χ3v) is 8.69. The van der Waals surface area contributed by atoms with Crippen molar-refractivity contribution in [2.24, 2.45) is 0 Å². The number of furan rings is 2. The molecule has 0 atom stereocenters. The van der Waals surface area contributed by atoms with Gasteiger partial charge in [0, 0.05) is 21.7 Å². The third-order valence-electron chi connectivity index (χ3n) is 8.69. The highest BCUT2D eigenvalue weighted by Gasteiger charge is 2.21. The second-order valence-electron chi connectivity index (χ2n) is 11.3. The Kier molecular flexibility index (Phi) is 5.54. The van der Waals surface area contributed by atoms with E-state index in [-0.39, 0.29) is 0 Å². The number of hydrogen-bond donors (Lipinski definition) is 0. The zero-order valence-electron chi connectivity index (χ0n) is 23.8. The average Bonchev–Trinajstić information content (AvgIpc) is 3.67. The van der Waals surface area contributed by atoms with E-state index in [4.69, 9.17) is 8.83 Å². The minimum atomic E-state index is 0.840. The lowest BCUT2D eigenvalue weighted by Gasteiger charge is -2.07. The van der Waals surface area contributed by atoms with Gasteiger partial charge < -0.3 is 8.83 Å². The van der Waals surface area contributed by atoms with E-state index in [9.17, 15) is 0 Å². The highest BCUT2D eigenvalue weighted by Crippen LogP contribution is 2.45. The first kappa shape index (κ1) is 24.7. The smallest absolute Gasteiger partial charge is 0.147 e. The van der Waals surface area contributed by atoms with Gasteiger partial charge in [-0.3, -0.25) is 0 Å². The molecule has 0 aliphatic carbocycles.